The van der Waals surface area contributed by atoms with Gasteiger partial charge in [0.25, 0.3) is 0 Å². The largest absolute Gasteiger partial charge is 0.383 e. The molecule has 0 radical (unpaired) electrons. The maximum absolute atomic E-state index is 6.49. The third kappa shape index (κ3) is 2.69. The first-order valence-corrected chi connectivity index (χ1v) is 7.28. The van der Waals surface area contributed by atoms with Gasteiger partial charge in [0, 0.05) is 31.3 Å². The minimum atomic E-state index is -0.103. The molecule has 3 nitrogen and oxygen atoms in total. The third-order valence-electron chi connectivity index (χ3n) is 4.70. The van der Waals surface area contributed by atoms with E-state index in [1.54, 1.807) is 7.11 Å². The van der Waals surface area contributed by atoms with Crippen LogP contribution in [0.1, 0.15) is 31.2 Å². The lowest BCUT2D eigenvalue weighted by Crippen LogP contribution is -2.57. The van der Waals surface area contributed by atoms with Crippen molar-refractivity contribution in [3.63, 3.8) is 0 Å². The van der Waals surface area contributed by atoms with Gasteiger partial charge in [0.1, 0.15) is 0 Å². The van der Waals surface area contributed by atoms with Crippen molar-refractivity contribution in [1.29, 1.82) is 0 Å². The Kier molecular flexibility index (Phi) is 3.61. The molecule has 2 aliphatic rings. The van der Waals surface area contributed by atoms with Crippen molar-refractivity contribution in [2.75, 3.05) is 13.7 Å². The SMILES string of the molecule is COCC1(N)CC2CCC(C1)N2Cc1ccccc1. The summed E-state index contributed by atoms with van der Waals surface area (Å²) in [6.07, 6.45) is 4.73. The van der Waals surface area contributed by atoms with E-state index in [2.05, 4.69) is 35.2 Å². The van der Waals surface area contributed by atoms with Crippen LogP contribution in [0.25, 0.3) is 0 Å². The van der Waals surface area contributed by atoms with Gasteiger partial charge in [-0.15, -0.1) is 0 Å². The zero-order valence-electron chi connectivity index (χ0n) is 11.7. The summed E-state index contributed by atoms with van der Waals surface area (Å²) >= 11 is 0. The van der Waals surface area contributed by atoms with Gasteiger partial charge in [-0.25, -0.2) is 0 Å². The van der Waals surface area contributed by atoms with Crippen molar-refractivity contribution in [3.8, 4) is 0 Å². The van der Waals surface area contributed by atoms with Gasteiger partial charge in [0.05, 0.1) is 6.61 Å². The molecule has 1 aromatic rings. The molecule has 0 aromatic heterocycles. The van der Waals surface area contributed by atoms with E-state index in [9.17, 15) is 0 Å². The van der Waals surface area contributed by atoms with Crippen molar-refractivity contribution >= 4 is 0 Å². The van der Waals surface area contributed by atoms with Crippen molar-refractivity contribution < 1.29 is 4.74 Å². The molecule has 0 spiro atoms. The predicted molar refractivity (Wildman–Crippen MR) is 76.8 cm³/mol. The maximum atomic E-state index is 6.49. The average Bonchev–Trinajstić information content (AvgIpc) is 2.65. The molecule has 0 aliphatic carbocycles. The van der Waals surface area contributed by atoms with E-state index >= 15 is 0 Å². The van der Waals surface area contributed by atoms with E-state index in [1.165, 1.54) is 18.4 Å². The van der Waals surface area contributed by atoms with E-state index in [0.29, 0.717) is 18.7 Å². The quantitative estimate of drug-likeness (QED) is 0.901. The number of benzene rings is 1. The van der Waals surface area contributed by atoms with Gasteiger partial charge in [-0.1, -0.05) is 30.3 Å². The molecule has 2 bridgehead atoms. The number of methoxy groups -OCH3 is 1. The maximum Gasteiger partial charge on any atom is 0.0643 e. The van der Waals surface area contributed by atoms with Crippen LogP contribution in [-0.2, 0) is 11.3 Å². The van der Waals surface area contributed by atoms with Crippen LogP contribution in [0.5, 0.6) is 0 Å². The fourth-order valence-electron chi connectivity index (χ4n) is 3.93. The van der Waals surface area contributed by atoms with Crippen LogP contribution >= 0.6 is 0 Å². The minimum Gasteiger partial charge on any atom is -0.383 e. The Hall–Kier alpha value is -0.900. The number of hydrogen-bond donors (Lipinski definition) is 1. The highest BCUT2D eigenvalue weighted by molar-refractivity contribution is 5.16. The fourth-order valence-corrected chi connectivity index (χ4v) is 3.93. The lowest BCUT2D eigenvalue weighted by Gasteiger charge is -2.44. The summed E-state index contributed by atoms with van der Waals surface area (Å²) in [7, 11) is 1.76. The van der Waals surface area contributed by atoms with Gasteiger partial charge in [-0.05, 0) is 31.2 Å². The van der Waals surface area contributed by atoms with Gasteiger partial charge in [-0.3, -0.25) is 4.90 Å². The molecule has 3 rings (SSSR count). The van der Waals surface area contributed by atoms with Gasteiger partial charge >= 0.3 is 0 Å². The second-order valence-corrected chi connectivity index (χ2v) is 6.25. The van der Waals surface area contributed by atoms with Gasteiger partial charge < -0.3 is 10.5 Å². The van der Waals surface area contributed by atoms with Gasteiger partial charge in [0.15, 0.2) is 0 Å². The Morgan fingerprint density at radius 2 is 1.84 bits per heavy atom. The third-order valence-corrected chi connectivity index (χ3v) is 4.70. The Balaban J connectivity index is 1.70. The number of rotatable bonds is 4. The summed E-state index contributed by atoms with van der Waals surface area (Å²) in [5.41, 5.74) is 7.80. The van der Waals surface area contributed by atoms with E-state index in [-0.39, 0.29) is 5.54 Å². The molecule has 0 amide bonds. The van der Waals surface area contributed by atoms with Crippen molar-refractivity contribution in [1.82, 2.24) is 4.90 Å². The van der Waals surface area contributed by atoms with Crippen LogP contribution in [0.2, 0.25) is 0 Å². The zero-order chi connectivity index (χ0) is 13.3. The van der Waals surface area contributed by atoms with Gasteiger partial charge in [-0.2, -0.15) is 0 Å². The van der Waals surface area contributed by atoms with Crippen molar-refractivity contribution in [3.05, 3.63) is 35.9 Å². The van der Waals surface area contributed by atoms with Crippen LogP contribution in [0, 0.1) is 0 Å². The molecular weight excluding hydrogens is 236 g/mol. The topological polar surface area (TPSA) is 38.5 Å². The summed E-state index contributed by atoms with van der Waals surface area (Å²) in [6, 6.07) is 12.0. The van der Waals surface area contributed by atoms with E-state index in [4.69, 9.17) is 10.5 Å². The molecule has 0 saturated carbocycles. The molecular formula is C16H24N2O. The lowest BCUT2D eigenvalue weighted by atomic mass is 9.84. The van der Waals surface area contributed by atoms with E-state index in [1.807, 2.05) is 0 Å². The number of hydrogen-bond acceptors (Lipinski definition) is 3. The molecule has 2 N–H and O–H groups in total. The number of fused-ring (bicyclic) bond motifs is 2. The first-order chi connectivity index (χ1) is 9.20. The fraction of sp³-hybridized carbons (Fsp3) is 0.625. The van der Waals surface area contributed by atoms with Crippen LogP contribution in [0.3, 0.4) is 0 Å². The molecule has 19 heavy (non-hydrogen) atoms. The zero-order valence-corrected chi connectivity index (χ0v) is 11.7. The van der Waals surface area contributed by atoms with Crippen LogP contribution < -0.4 is 5.73 Å². The normalized spacial score (nSPS) is 34.6. The standard InChI is InChI=1S/C16H24N2O/c1-19-12-16(17)9-14-7-8-15(10-16)18(14)11-13-5-3-2-4-6-13/h2-6,14-15H,7-12,17H2,1H3. The number of nitrogens with zero attached hydrogens (tertiary/aromatic N) is 1. The highest BCUT2D eigenvalue weighted by atomic mass is 16.5. The van der Waals surface area contributed by atoms with Crippen molar-refractivity contribution in [2.45, 2.75) is 49.9 Å². The Morgan fingerprint density at radius 1 is 1.21 bits per heavy atom. The Bertz CT molecular complexity index is 406. The summed E-state index contributed by atoms with van der Waals surface area (Å²) in [4.78, 5) is 2.66. The van der Waals surface area contributed by atoms with Crippen LogP contribution in [-0.4, -0.2) is 36.2 Å². The number of piperidine rings is 1. The smallest absolute Gasteiger partial charge is 0.0643 e. The first-order valence-electron chi connectivity index (χ1n) is 7.28. The lowest BCUT2D eigenvalue weighted by molar-refractivity contribution is 0.0342. The molecule has 2 unspecified atom stereocenters. The molecule has 2 saturated heterocycles. The second kappa shape index (κ2) is 5.23. The predicted octanol–water partition coefficient (Wildman–Crippen LogP) is 2.16. The monoisotopic (exact) mass is 260 g/mol. The molecule has 2 heterocycles. The minimum absolute atomic E-state index is 0.103. The average molecular weight is 260 g/mol. The van der Waals surface area contributed by atoms with Gasteiger partial charge in [0.2, 0.25) is 0 Å². The summed E-state index contributed by atoms with van der Waals surface area (Å²) in [6.45, 7) is 1.76. The van der Waals surface area contributed by atoms with E-state index in [0.717, 1.165) is 19.4 Å². The molecule has 2 atom stereocenters. The summed E-state index contributed by atoms with van der Waals surface area (Å²) in [5, 5.41) is 0. The second-order valence-electron chi connectivity index (χ2n) is 6.25. The number of ether oxygens (including phenoxy) is 1. The highest BCUT2D eigenvalue weighted by Crippen LogP contribution is 2.40. The highest BCUT2D eigenvalue weighted by Gasteiger charge is 2.46. The van der Waals surface area contributed by atoms with Crippen molar-refractivity contribution in [2.24, 2.45) is 5.73 Å². The Morgan fingerprint density at radius 3 is 2.42 bits per heavy atom. The van der Waals surface area contributed by atoms with Crippen LogP contribution in [0.15, 0.2) is 30.3 Å². The molecule has 2 fully saturated rings. The molecule has 2 aliphatic heterocycles. The van der Waals surface area contributed by atoms with E-state index < -0.39 is 0 Å². The first kappa shape index (κ1) is 13.1. The molecule has 104 valence electrons. The summed E-state index contributed by atoms with van der Waals surface area (Å²) in [5.74, 6) is 0. The van der Waals surface area contributed by atoms with Crippen LogP contribution in [0.4, 0.5) is 0 Å². The summed E-state index contributed by atoms with van der Waals surface area (Å²) < 4.78 is 5.32. The molecule has 1 aromatic carbocycles. The number of nitrogens with two attached hydrogens (primary N) is 1. The Labute approximate surface area is 115 Å². The molecule has 3 heteroatoms.